The second-order valence-electron chi connectivity index (χ2n) is 4.60. The molecule has 0 spiro atoms. The van der Waals surface area contributed by atoms with Crippen molar-refractivity contribution in [1.29, 1.82) is 0 Å². The molecular weight excluding hydrogens is 234 g/mol. The fraction of sp³-hybridized carbons (Fsp3) is 0.375. The molecule has 0 radical (unpaired) electrons. The van der Waals surface area contributed by atoms with E-state index in [0.29, 0.717) is 0 Å². The lowest BCUT2D eigenvalue weighted by Crippen LogP contribution is -2.15. The van der Waals surface area contributed by atoms with Gasteiger partial charge in [0, 0.05) is 18.3 Å². The molecular formula is C16H21N3. The SMILES string of the molecule is CCCNCc1ccnc(-c2ccc(CC)cc2)n1. The summed E-state index contributed by atoms with van der Waals surface area (Å²) < 4.78 is 0. The van der Waals surface area contributed by atoms with E-state index >= 15 is 0 Å². The van der Waals surface area contributed by atoms with Gasteiger partial charge in [-0.05, 0) is 31.0 Å². The van der Waals surface area contributed by atoms with Crippen molar-refractivity contribution in [1.82, 2.24) is 15.3 Å². The summed E-state index contributed by atoms with van der Waals surface area (Å²) in [6.07, 6.45) is 4.03. The second kappa shape index (κ2) is 7.00. The van der Waals surface area contributed by atoms with Crippen LogP contribution in [0.25, 0.3) is 11.4 Å². The number of hydrogen-bond acceptors (Lipinski definition) is 3. The van der Waals surface area contributed by atoms with E-state index in [4.69, 9.17) is 0 Å². The Morgan fingerprint density at radius 2 is 1.84 bits per heavy atom. The Hall–Kier alpha value is -1.74. The summed E-state index contributed by atoms with van der Waals surface area (Å²) in [6, 6.07) is 10.4. The van der Waals surface area contributed by atoms with Crippen molar-refractivity contribution in [3.8, 4) is 11.4 Å². The Kier molecular flexibility index (Phi) is 5.04. The molecule has 1 aromatic carbocycles. The molecule has 0 unspecified atom stereocenters. The standard InChI is InChI=1S/C16H21N3/c1-3-10-17-12-15-9-11-18-16(19-15)14-7-5-13(4-2)6-8-14/h5-9,11,17H,3-4,10,12H2,1-2H3. The summed E-state index contributed by atoms with van der Waals surface area (Å²) in [5.74, 6) is 0.804. The summed E-state index contributed by atoms with van der Waals surface area (Å²) in [6.45, 7) is 6.14. The first-order valence-corrected chi connectivity index (χ1v) is 6.95. The summed E-state index contributed by atoms with van der Waals surface area (Å²) >= 11 is 0. The van der Waals surface area contributed by atoms with Gasteiger partial charge in [-0.1, -0.05) is 38.1 Å². The van der Waals surface area contributed by atoms with E-state index in [-0.39, 0.29) is 0 Å². The third kappa shape index (κ3) is 3.86. The maximum Gasteiger partial charge on any atom is 0.159 e. The highest BCUT2D eigenvalue weighted by Gasteiger charge is 2.02. The van der Waals surface area contributed by atoms with Crippen molar-refractivity contribution >= 4 is 0 Å². The molecule has 1 N–H and O–H groups in total. The van der Waals surface area contributed by atoms with Crippen LogP contribution < -0.4 is 5.32 Å². The summed E-state index contributed by atoms with van der Waals surface area (Å²) in [5.41, 5.74) is 3.46. The second-order valence-corrected chi connectivity index (χ2v) is 4.60. The van der Waals surface area contributed by atoms with E-state index < -0.39 is 0 Å². The van der Waals surface area contributed by atoms with Crippen LogP contribution in [0.3, 0.4) is 0 Å². The number of rotatable bonds is 6. The van der Waals surface area contributed by atoms with E-state index in [1.165, 1.54) is 5.56 Å². The van der Waals surface area contributed by atoms with Crippen LogP contribution in [0.1, 0.15) is 31.5 Å². The maximum absolute atomic E-state index is 4.60. The van der Waals surface area contributed by atoms with Gasteiger partial charge < -0.3 is 5.32 Å². The molecule has 2 rings (SSSR count). The number of hydrogen-bond donors (Lipinski definition) is 1. The largest absolute Gasteiger partial charge is 0.311 e. The Balaban J connectivity index is 2.12. The average molecular weight is 255 g/mol. The molecule has 0 amide bonds. The van der Waals surface area contributed by atoms with Crippen LogP contribution in [-0.2, 0) is 13.0 Å². The van der Waals surface area contributed by atoms with Gasteiger partial charge in [0.2, 0.25) is 0 Å². The van der Waals surface area contributed by atoms with Crippen molar-refractivity contribution in [3.05, 3.63) is 47.8 Å². The Bertz CT molecular complexity index is 506. The first-order valence-electron chi connectivity index (χ1n) is 6.95. The molecule has 0 saturated heterocycles. The van der Waals surface area contributed by atoms with Crippen LogP contribution >= 0.6 is 0 Å². The molecule has 1 aromatic heterocycles. The zero-order valence-corrected chi connectivity index (χ0v) is 11.7. The third-order valence-electron chi connectivity index (χ3n) is 3.07. The molecule has 2 aromatic rings. The van der Waals surface area contributed by atoms with Crippen LogP contribution in [0.15, 0.2) is 36.5 Å². The molecule has 100 valence electrons. The van der Waals surface area contributed by atoms with Crippen molar-refractivity contribution < 1.29 is 0 Å². The van der Waals surface area contributed by atoms with Gasteiger partial charge >= 0.3 is 0 Å². The molecule has 0 fully saturated rings. The molecule has 3 heteroatoms. The van der Waals surface area contributed by atoms with Crippen LogP contribution in [0.5, 0.6) is 0 Å². The highest BCUT2D eigenvalue weighted by molar-refractivity contribution is 5.55. The number of aryl methyl sites for hydroxylation is 1. The normalized spacial score (nSPS) is 10.6. The number of nitrogens with one attached hydrogen (secondary N) is 1. The third-order valence-corrected chi connectivity index (χ3v) is 3.07. The number of nitrogens with zero attached hydrogens (tertiary/aromatic N) is 2. The molecule has 0 aliphatic carbocycles. The number of benzene rings is 1. The topological polar surface area (TPSA) is 37.8 Å². The fourth-order valence-corrected chi connectivity index (χ4v) is 1.92. The summed E-state index contributed by atoms with van der Waals surface area (Å²) in [7, 11) is 0. The minimum atomic E-state index is 0.802. The molecule has 0 atom stereocenters. The maximum atomic E-state index is 4.60. The lowest BCUT2D eigenvalue weighted by molar-refractivity contribution is 0.663. The zero-order chi connectivity index (χ0) is 13.5. The molecule has 19 heavy (non-hydrogen) atoms. The highest BCUT2D eigenvalue weighted by Crippen LogP contribution is 2.15. The first-order chi connectivity index (χ1) is 9.33. The first kappa shape index (κ1) is 13.7. The Morgan fingerprint density at radius 3 is 2.53 bits per heavy atom. The quantitative estimate of drug-likeness (QED) is 0.805. The molecule has 3 nitrogen and oxygen atoms in total. The van der Waals surface area contributed by atoms with Crippen molar-refractivity contribution in [2.24, 2.45) is 0 Å². The summed E-state index contributed by atoms with van der Waals surface area (Å²) in [4.78, 5) is 8.95. The van der Waals surface area contributed by atoms with E-state index in [0.717, 1.165) is 43.0 Å². The van der Waals surface area contributed by atoms with Crippen molar-refractivity contribution in [2.75, 3.05) is 6.54 Å². The van der Waals surface area contributed by atoms with E-state index in [9.17, 15) is 0 Å². The average Bonchev–Trinajstić information content (AvgIpc) is 2.48. The minimum Gasteiger partial charge on any atom is -0.311 e. The van der Waals surface area contributed by atoms with Gasteiger partial charge in [0.1, 0.15) is 0 Å². The van der Waals surface area contributed by atoms with Gasteiger partial charge in [-0.3, -0.25) is 0 Å². The van der Waals surface area contributed by atoms with E-state index in [2.05, 4.69) is 53.4 Å². The highest BCUT2D eigenvalue weighted by atomic mass is 14.9. The summed E-state index contributed by atoms with van der Waals surface area (Å²) in [5, 5.41) is 3.36. The van der Waals surface area contributed by atoms with Crippen LogP contribution in [-0.4, -0.2) is 16.5 Å². The van der Waals surface area contributed by atoms with Gasteiger partial charge in [0.05, 0.1) is 5.69 Å². The monoisotopic (exact) mass is 255 g/mol. The van der Waals surface area contributed by atoms with Crippen LogP contribution in [0.2, 0.25) is 0 Å². The van der Waals surface area contributed by atoms with E-state index in [1.807, 2.05) is 12.3 Å². The van der Waals surface area contributed by atoms with Crippen molar-refractivity contribution in [2.45, 2.75) is 33.2 Å². The lowest BCUT2D eigenvalue weighted by atomic mass is 10.1. The van der Waals surface area contributed by atoms with E-state index in [1.54, 1.807) is 0 Å². The Morgan fingerprint density at radius 1 is 1.05 bits per heavy atom. The van der Waals surface area contributed by atoms with Gasteiger partial charge in [-0.2, -0.15) is 0 Å². The van der Waals surface area contributed by atoms with Crippen LogP contribution in [0, 0.1) is 0 Å². The fourth-order valence-electron chi connectivity index (χ4n) is 1.92. The molecule has 0 bridgehead atoms. The van der Waals surface area contributed by atoms with Gasteiger partial charge in [-0.15, -0.1) is 0 Å². The smallest absolute Gasteiger partial charge is 0.159 e. The minimum absolute atomic E-state index is 0.802. The molecule has 1 heterocycles. The van der Waals surface area contributed by atoms with Crippen LogP contribution in [0.4, 0.5) is 0 Å². The lowest BCUT2D eigenvalue weighted by Gasteiger charge is -2.05. The van der Waals surface area contributed by atoms with Crippen molar-refractivity contribution in [3.63, 3.8) is 0 Å². The van der Waals surface area contributed by atoms with Gasteiger partial charge in [0.25, 0.3) is 0 Å². The predicted octanol–water partition coefficient (Wildman–Crippen LogP) is 3.21. The predicted molar refractivity (Wildman–Crippen MR) is 78.8 cm³/mol. The molecule has 0 aliphatic rings. The number of aromatic nitrogens is 2. The molecule has 0 saturated carbocycles. The Labute approximate surface area is 115 Å². The zero-order valence-electron chi connectivity index (χ0n) is 11.7. The molecule has 0 aliphatic heterocycles. The van der Waals surface area contributed by atoms with Gasteiger partial charge in [0.15, 0.2) is 5.82 Å². The van der Waals surface area contributed by atoms with Gasteiger partial charge in [-0.25, -0.2) is 9.97 Å².